The van der Waals surface area contributed by atoms with Gasteiger partial charge in [0.2, 0.25) is 0 Å². The van der Waals surface area contributed by atoms with Gasteiger partial charge in [-0.1, -0.05) is 6.07 Å². The number of rotatable bonds is 6. The summed E-state index contributed by atoms with van der Waals surface area (Å²) in [6, 6.07) is 7.38. The molecule has 2 unspecified atom stereocenters. The summed E-state index contributed by atoms with van der Waals surface area (Å²) in [5, 5.41) is 6.40. The molecule has 5 heteroatoms. The van der Waals surface area contributed by atoms with Crippen molar-refractivity contribution in [2.24, 2.45) is 5.92 Å². The molecular weight excluding hydrogens is 292 g/mol. The van der Waals surface area contributed by atoms with Crippen molar-refractivity contribution >= 4 is 5.91 Å². The second kappa shape index (κ2) is 8.31. The monoisotopic (exact) mass is 318 g/mol. The summed E-state index contributed by atoms with van der Waals surface area (Å²) in [4.78, 5) is 12.3. The quantitative estimate of drug-likeness (QED) is 0.842. The molecule has 2 aliphatic heterocycles. The van der Waals surface area contributed by atoms with Crippen LogP contribution in [0.4, 0.5) is 0 Å². The first kappa shape index (κ1) is 16.3. The summed E-state index contributed by atoms with van der Waals surface area (Å²) < 4.78 is 11.3. The van der Waals surface area contributed by atoms with Crippen LogP contribution in [0.1, 0.15) is 36.0 Å². The van der Waals surface area contributed by atoms with Crippen LogP contribution in [0, 0.1) is 5.92 Å². The average Bonchev–Trinajstić information content (AvgIpc) is 3.12. The number of ether oxygens (including phenoxy) is 2. The zero-order chi connectivity index (χ0) is 15.9. The number of piperidine rings is 1. The lowest BCUT2D eigenvalue weighted by Gasteiger charge is -2.22. The number of hydrogen-bond acceptors (Lipinski definition) is 4. The van der Waals surface area contributed by atoms with Gasteiger partial charge in [-0.25, -0.2) is 0 Å². The van der Waals surface area contributed by atoms with Crippen molar-refractivity contribution in [3.63, 3.8) is 0 Å². The Balaban J connectivity index is 1.48. The molecule has 2 fully saturated rings. The molecule has 2 heterocycles. The first-order chi connectivity index (χ1) is 11.3. The van der Waals surface area contributed by atoms with Gasteiger partial charge in [0.25, 0.3) is 5.91 Å². The molecule has 1 aromatic carbocycles. The van der Waals surface area contributed by atoms with E-state index in [9.17, 15) is 4.79 Å². The topological polar surface area (TPSA) is 59.6 Å². The van der Waals surface area contributed by atoms with Crippen molar-refractivity contribution in [1.82, 2.24) is 10.6 Å². The Bertz CT molecular complexity index is 509. The van der Waals surface area contributed by atoms with E-state index < -0.39 is 0 Å². The first-order valence-corrected chi connectivity index (χ1v) is 8.64. The lowest BCUT2D eigenvalue weighted by Crippen LogP contribution is -2.38. The van der Waals surface area contributed by atoms with Gasteiger partial charge in [0, 0.05) is 18.7 Å². The van der Waals surface area contributed by atoms with Gasteiger partial charge in [0.05, 0.1) is 6.10 Å². The average molecular weight is 318 g/mol. The lowest BCUT2D eigenvalue weighted by molar-refractivity contribution is 0.0679. The second-order valence-electron chi connectivity index (χ2n) is 6.40. The fraction of sp³-hybridized carbons (Fsp3) is 0.611. The van der Waals surface area contributed by atoms with Crippen molar-refractivity contribution in [3.8, 4) is 5.75 Å². The lowest BCUT2D eigenvalue weighted by atomic mass is 9.99. The molecule has 0 bridgehead atoms. The Kier molecular flexibility index (Phi) is 5.88. The van der Waals surface area contributed by atoms with E-state index in [0.717, 1.165) is 44.8 Å². The third-order valence-corrected chi connectivity index (χ3v) is 4.51. The molecule has 1 amide bonds. The highest BCUT2D eigenvalue weighted by atomic mass is 16.5. The van der Waals surface area contributed by atoms with E-state index in [1.165, 1.54) is 12.8 Å². The van der Waals surface area contributed by atoms with Crippen LogP contribution in [-0.2, 0) is 4.74 Å². The van der Waals surface area contributed by atoms with Crippen molar-refractivity contribution in [3.05, 3.63) is 29.8 Å². The van der Waals surface area contributed by atoms with Crippen LogP contribution in [-0.4, -0.2) is 44.9 Å². The van der Waals surface area contributed by atoms with Gasteiger partial charge in [-0.15, -0.1) is 0 Å². The van der Waals surface area contributed by atoms with Crippen LogP contribution in [0.3, 0.4) is 0 Å². The van der Waals surface area contributed by atoms with Gasteiger partial charge in [-0.2, -0.15) is 0 Å². The van der Waals surface area contributed by atoms with Gasteiger partial charge in [0.15, 0.2) is 0 Å². The number of benzene rings is 1. The van der Waals surface area contributed by atoms with Gasteiger partial charge in [-0.05, 0) is 62.9 Å². The molecule has 0 saturated carbocycles. The van der Waals surface area contributed by atoms with Crippen LogP contribution in [0.15, 0.2) is 24.3 Å². The Morgan fingerprint density at radius 2 is 2.30 bits per heavy atom. The van der Waals surface area contributed by atoms with Gasteiger partial charge >= 0.3 is 0 Å². The molecule has 2 N–H and O–H groups in total. The molecule has 0 aliphatic carbocycles. The number of carbonyl (C=O) groups is 1. The molecule has 5 nitrogen and oxygen atoms in total. The summed E-state index contributed by atoms with van der Waals surface area (Å²) in [5.74, 6) is 1.23. The van der Waals surface area contributed by atoms with Crippen molar-refractivity contribution < 1.29 is 14.3 Å². The highest BCUT2D eigenvalue weighted by Crippen LogP contribution is 2.17. The van der Waals surface area contributed by atoms with Crippen molar-refractivity contribution in [1.29, 1.82) is 0 Å². The first-order valence-electron chi connectivity index (χ1n) is 8.64. The molecule has 23 heavy (non-hydrogen) atoms. The van der Waals surface area contributed by atoms with Crippen LogP contribution in [0.5, 0.6) is 5.75 Å². The smallest absolute Gasteiger partial charge is 0.251 e. The van der Waals surface area contributed by atoms with Crippen molar-refractivity contribution in [2.45, 2.75) is 31.8 Å². The third-order valence-electron chi connectivity index (χ3n) is 4.51. The molecule has 0 spiro atoms. The van der Waals surface area contributed by atoms with E-state index >= 15 is 0 Å². The Morgan fingerprint density at radius 3 is 3.09 bits per heavy atom. The van der Waals surface area contributed by atoms with Crippen LogP contribution >= 0.6 is 0 Å². The van der Waals surface area contributed by atoms with Crippen molar-refractivity contribution in [2.75, 3.05) is 32.8 Å². The summed E-state index contributed by atoms with van der Waals surface area (Å²) >= 11 is 0. The second-order valence-corrected chi connectivity index (χ2v) is 6.40. The van der Waals surface area contributed by atoms with Crippen LogP contribution < -0.4 is 15.4 Å². The van der Waals surface area contributed by atoms with Crippen LogP contribution in [0.2, 0.25) is 0 Å². The molecule has 126 valence electrons. The molecular formula is C18H26N2O3. The summed E-state index contributed by atoms with van der Waals surface area (Å²) in [6.07, 6.45) is 4.71. The molecule has 0 aromatic heterocycles. The molecule has 3 rings (SSSR count). The number of carbonyl (C=O) groups excluding carboxylic acids is 1. The van der Waals surface area contributed by atoms with E-state index in [4.69, 9.17) is 9.47 Å². The Labute approximate surface area is 137 Å². The summed E-state index contributed by atoms with van der Waals surface area (Å²) in [6.45, 7) is 4.19. The maximum Gasteiger partial charge on any atom is 0.251 e. The standard InChI is InChI=1S/C18H26N2O3/c21-18(20-12-14-4-2-8-19-11-14)15-5-1-6-16(10-15)23-13-17-7-3-9-22-17/h1,5-6,10,14,17,19H,2-4,7-9,11-13H2,(H,20,21). The molecule has 2 atom stereocenters. The minimum Gasteiger partial charge on any atom is -0.491 e. The highest BCUT2D eigenvalue weighted by molar-refractivity contribution is 5.94. The fourth-order valence-electron chi connectivity index (χ4n) is 3.13. The molecule has 2 saturated heterocycles. The highest BCUT2D eigenvalue weighted by Gasteiger charge is 2.17. The normalized spacial score (nSPS) is 24.3. The van der Waals surface area contributed by atoms with E-state index in [1.54, 1.807) is 0 Å². The molecule has 1 aromatic rings. The maximum atomic E-state index is 12.3. The zero-order valence-corrected chi connectivity index (χ0v) is 13.6. The third kappa shape index (κ3) is 4.94. The SMILES string of the molecule is O=C(NCC1CCCNC1)c1cccc(OCC2CCCO2)c1. The Morgan fingerprint density at radius 1 is 1.35 bits per heavy atom. The summed E-state index contributed by atoms with van der Waals surface area (Å²) in [5.41, 5.74) is 0.651. The predicted molar refractivity (Wildman–Crippen MR) is 88.8 cm³/mol. The summed E-state index contributed by atoms with van der Waals surface area (Å²) in [7, 11) is 0. The van der Waals surface area contributed by atoms with Gasteiger partial charge < -0.3 is 20.1 Å². The molecule has 0 radical (unpaired) electrons. The maximum absolute atomic E-state index is 12.3. The van der Waals surface area contributed by atoms with Crippen LogP contribution in [0.25, 0.3) is 0 Å². The minimum atomic E-state index is -0.0295. The number of hydrogen-bond donors (Lipinski definition) is 2. The Hall–Kier alpha value is -1.59. The van der Waals surface area contributed by atoms with Gasteiger partial charge in [-0.3, -0.25) is 4.79 Å². The fourth-order valence-corrected chi connectivity index (χ4v) is 3.13. The van der Waals surface area contributed by atoms with Gasteiger partial charge in [0.1, 0.15) is 12.4 Å². The minimum absolute atomic E-state index is 0.0295. The van der Waals surface area contributed by atoms with E-state index in [-0.39, 0.29) is 12.0 Å². The number of amides is 1. The molecule has 2 aliphatic rings. The van der Waals surface area contributed by atoms with E-state index in [2.05, 4.69) is 10.6 Å². The van der Waals surface area contributed by atoms with E-state index in [1.807, 2.05) is 24.3 Å². The zero-order valence-electron chi connectivity index (χ0n) is 13.6. The van der Waals surface area contributed by atoms with E-state index in [0.29, 0.717) is 18.1 Å². The number of nitrogens with one attached hydrogen (secondary N) is 2. The predicted octanol–water partition coefficient (Wildman–Crippen LogP) is 1.97. The largest absolute Gasteiger partial charge is 0.491 e.